The number of nitrogens with one attached hydrogen (secondary N) is 1. The van der Waals surface area contributed by atoms with Crippen molar-refractivity contribution in [3.05, 3.63) is 23.2 Å². The van der Waals surface area contributed by atoms with E-state index >= 15 is 0 Å². The van der Waals surface area contributed by atoms with Crippen molar-refractivity contribution in [2.45, 2.75) is 6.04 Å². The first-order valence-electron chi connectivity index (χ1n) is 4.76. The summed E-state index contributed by atoms with van der Waals surface area (Å²) in [6, 6.07) is 4.29. The number of oxazole rings is 1. The molecule has 0 aliphatic rings. The molecule has 0 radical (unpaired) electrons. The van der Waals surface area contributed by atoms with Gasteiger partial charge in [0, 0.05) is 16.8 Å². The first-order valence-corrected chi connectivity index (χ1v) is 5.77. The smallest absolute Gasteiger partial charge is 0.327 e. The third kappa shape index (κ3) is 2.65. The third-order valence-electron chi connectivity index (χ3n) is 2.13. The minimum absolute atomic E-state index is 0.134. The van der Waals surface area contributed by atoms with E-state index < -0.39 is 12.0 Å². The van der Waals surface area contributed by atoms with Crippen molar-refractivity contribution in [1.82, 2.24) is 4.98 Å². The van der Waals surface area contributed by atoms with Crippen LogP contribution in [0.4, 0.5) is 6.01 Å². The van der Waals surface area contributed by atoms with E-state index in [4.69, 9.17) is 21.1 Å². The van der Waals surface area contributed by atoms with E-state index in [0.717, 1.165) is 0 Å². The van der Waals surface area contributed by atoms with Crippen LogP contribution in [0.3, 0.4) is 0 Å². The lowest BCUT2D eigenvalue weighted by atomic mass is 10.3. The molecule has 2 N–H and O–H groups in total. The van der Waals surface area contributed by atoms with Crippen LogP contribution in [0.1, 0.15) is 0 Å². The van der Waals surface area contributed by atoms with Crippen molar-refractivity contribution in [2.75, 3.05) is 11.1 Å². The van der Waals surface area contributed by atoms with E-state index in [2.05, 4.69) is 22.9 Å². The van der Waals surface area contributed by atoms with Gasteiger partial charge < -0.3 is 14.8 Å². The summed E-state index contributed by atoms with van der Waals surface area (Å²) in [5, 5.41) is 12.0. The fourth-order valence-corrected chi connectivity index (χ4v) is 1.70. The molecule has 0 aliphatic carbocycles. The number of carboxylic acids is 1. The summed E-state index contributed by atoms with van der Waals surface area (Å²) >= 11 is 9.73. The van der Waals surface area contributed by atoms with E-state index in [-0.39, 0.29) is 11.8 Å². The zero-order valence-electron chi connectivity index (χ0n) is 8.55. The molecule has 2 aromatic rings. The van der Waals surface area contributed by atoms with Crippen molar-refractivity contribution in [1.29, 1.82) is 0 Å². The van der Waals surface area contributed by atoms with Crippen LogP contribution in [0.5, 0.6) is 0 Å². The number of thiol groups is 1. The third-order valence-corrected chi connectivity index (χ3v) is 2.73. The van der Waals surface area contributed by atoms with Gasteiger partial charge in [-0.25, -0.2) is 4.79 Å². The van der Waals surface area contributed by atoms with Gasteiger partial charge in [0.15, 0.2) is 5.58 Å². The van der Waals surface area contributed by atoms with Gasteiger partial charge in [0.05, 0.1) is 0 Å². The first-order chi connectivity index (χ1) is 8.10. The molecule has 0 amide bonds. The number of hydrogen-bond donors (Lipinski definition) is 3. The Bertz CT molecular complexity index is 557. The van der Waals surface area contributed by atoms with Crippen LogP contribution in [-0.4, -0.2) is 27.9 Å². The predicted octanol–water partition coefficient (Wildman–Crippen LogP) is 2.28. The summed E-state index contributed by atoms with van der Waals surface area (Å²) in [5.41, 5.74) is 1.11. The van der Waals surface area contributed by atoms with Crippen LogP contribution < -0.4 is 5.32 Å². The minimum Gasteiger partial charge on any atom is -0.480 e. The molecule has 2 rings (SSSR count). The molecule has 7 heteroatoms. The van der Waals surface area contributed by atoms with Crippen molar-refractivity contribution in [2.24, 2.45) is 0 Å². The van der Waals surface area contributed by atoms with Crippen molar-refractivity contribution in [3.8, 4) is 0 Å². The van der Waals surface area contributed by atoms with Gasteiger partial charge in [0.1, 0.15) is 11.6 Å². The highest BCUT2D eigenvalue weighted by atomic mass is 35.5. The molecular weight excluding hydrogens is 264 g/mol. The minimum atomic E-state index is -1.01. The fourth-order valence-electron chi connectivity index (χ4n) is 1.29. The van der Waals surface area contributed by atoms with Gasteiger partial charge in [-0.3, -0.25) is 0 Å². The second-order valence-corrected chi connectivity index (χ2v) is 4.15. The normalized spacial score (nSPS) is 12.6. The summed E-state index contributed by atoms with van der Waals surface area (Å²) in [5.74, 6) is -0.880. The van der Waals surface area contributed by atoms with Crippen LogP contribution in [0.2, 0.25) is 5.02 Å². The number of halogens is 1. The Morgan fingerprint density at radius 1 is 1.65 bits per heavy atom. The molecule has 0 aliphatic heterocycles. The zero-order chi connectivity index (χ0) is 12.4. The van der Waals surface area contributed by atoms with E-state index in [1.807, 2.05) is 0 Å². The second-order valence-electron chi connectivity index (χ2n) is 3.35. The highest BCUT2D eigenvalue weighted by Crippen LogP contribution is 2.22. The van der Waals surface area contributed by atoms with Gasteiger partial charge >= 0.3 is 5.97 Å². The molecule has 0 bridgehead atoms. The van der Waals surface area contributed by atoms with E-state index in [1.54, 1.807) is 18.2 Å². The highest BCUT2D eigenvalue weighted by molar-refractivity contribution is 7.80. The number of nitrogens with zero attached hydrogens (tertiary/aromatic N) is 1. The van der Waals surface area contributed by atoms with Gasteiger partial charge in [-0.05, 0) is 12.1 Å². The summed E-state index contributed by atoms with van der Waals surface area (Å²) < 4.78 is 5.33. The maximum absolute atomic E-state index is 10.8. The van der Waals surface area contributed by atoms with Crippen LogP contribution in [-0.2, 0) is 4.79 Å². The molecule has 90 valence electrons. The van der Waals surface area contributed by atoms with Gasteiger partial charge in [0.2, 0.25) is 0 Å². The Balaban J connectivity index is 2.27. The van der Waals surface area contributed by atoms with Crippen LogP contribution in [0.15, 0.2) is 22.6 Å². The summed E-state index contributed by atoms with van der Waals surface area (Å²) in [6.07, 6.45) is 0. The van der Waals surface area contributed by atoms with E-state index in [1.165, 1.54) is 0 Å². The molecule has 17 heavy (non-hydrogen) atoms. The zero-order valence-corrected chi connectivity index (χ0v) is 10.2. The molecule has 5 nitrogen and oxygen atoms in total. The number of anilines is 1. The maximum Gasteiger partial charge on any atom is 0.327 e. The van der Waals surface area contributed by atoms with E-state index in [0.29, 0.717) is 16.1 Å². The van der Waals surface area contributed by atoms with Crippen LogP contribution in [0, 0.1) is 0 Å². The first kappa shape index (κ1) is 12.1. The van der Waals surface area contributed by atoms with Gasteiger partial charge in [0.25, 0.3) is 6.01 Å². The molecule has 1 heterocycles. The molecule has 0 unspecified atom stereocenters. The molecular formula is C10H9ClN2O3S. The fraction of sp³-hybridized carbons (Fsp3) is 0.200. The number of benzene rings is 1. The number of aromatic nitrogens is 1. The lowest BCUT2D eigenvalue weighted by molar-refractivity contribution is -0.137. The lowest BCUT2D eigenvalue weighted by Crippen LogP contribution is -2.30. The standard InChI is InChI=1S/C10H9ClN2O3S/c11-5-1-2-6-8(3-5)16-10(12-6)13-7(4-17)9(14)15/h1-3,7,17H,4H2,(H,12,13)(H,14,15)/t7-/m0/s1. The maximum atomic E-state index is 10.8. The van der Waals surface area contributed by atoms with Gasteiger partial charge in [-0.1, -0.05) is 11.6 Å². The lowest BCUT2D eigenvalue weighted by Gasteiger charge is -2.08. The molecule has 1 aromatic heterocycles. The van der Waals surface area contributed by atoms with Crippen molar-refractivity contribution in [3.63, 3.8) is 0 Å². The molecule has 1 atom stereocenters. The predicted molar refractivity (Wildman–Crippen MR) is 67.9 cm³/mol. The van der Waals surface area contributed by atoms with Gasteiger partial charge in [-0.15, -0.1) is 0 Å². The molecule has 1 aromatic carbocycles. The number of rotatable bonds is 4. The Labute approximate surface area is 107 Å². The Morgan fingerprint density at radius 3 is 3.06 bits per heavy atom. The Hall–Kier alpha value is -1.40. The van der Waals surface area contributed by atoms with Gasteiger partial charge in [-0.2, -0.15) is 17.6 Å². The second kappa shape index (κ2) is 4.85. The van der Waals surface area contributed by atoms with Crippen LogP contribution in [0.25, 0.3) is 11.1 Å². The topological polar surface area (TPSA) is 75.4 Å². The Kier molecular flexibility index (Phi) is 3.44. The largest absolute Gasteiger partial charge is 0.480 e. The highest BCUT2D eigenvalue weighted by Gasteiger charge is 2.17. The summed E-state index contributed by atoms with van der Waals surface area (Å²) in [6.45, 7) is 0. The van der Waals surface area contributed by atoms with Crippen molar-refractivity contribution >= 4 is 47.3 Å². The van der Waals surface area contributed by atoms with Crippen molar-refractivity contribution < 1.29 is 14.3 Å². The average molecular weight is 273 g/mol. The Morgan fingerprint density at radius 2 is 2.41 bits per heavy atom. The number of carboxylic acid groups (broad SMARTS) is 1. The quantitative estimate of drug-likeness (QED) is 0.745. The molecule has 0 spiro atoms. The number of aliphatic carboxylic acids is 1. The van der Waals surface area contributed by atoms with Crippen LogP contribution >= 0.6 is 24.2 Å². The number of hydrogen-bond acceptors (Lipinski definition) is 5. The summed E-state index contributed by atoms with van der Waals surface area (Å²) in [7, 11) is 0. The number of fused-ring (bicyclic) bond motifs is 1. The average Bonchev–Trinajstić information content (AvgIpc) is 2.66. The van der Waals surface area contributed by atoms with E-state index in [9.17, 15) is 4.79 Å². The summed E-state index contributed by atoms with van der Waals surface area (Å²) in [4.78, 5) is 14.9. The SMILES string of the molecule is O=C(O)[C@H](CS)Nc1nc2ccc(Cl)cc2o1. The molecule has 0 fully saturated rings. The monoisotopic (exact) mass is 272 g/mol. The molecule has 0 saturated heterocycles. The number of carbonyl (C=O) groups is 1. The molecule has 0 saturated carbocycles.